The van der Waals surface area contributed by atoms with E-state index in [1.165, 1.54) is 19.1 Å². The van der Waals surface area contributed by atoms with E-state index in [-0.39, 0.29) is 6.79 Å². The second-order valence-electron chi connectivity index (χ2n) is 3.93. The molecule has 0 aromatic heterocycles. The standard InChI is InChI=1S/C11H13NO6/c1-6(12-11(14,15)16)10(13)7-2-3-8-9(4-7)18-5-17-8/h2-4,6,12,14-16H,5H2,1H3. The maximum atomic E-state index is 11.9. The summed E-state index contributed by atoms with van der Waals surface area (Å²) < 4.78 is 10.2. The van der Waals surface area contributed by atoms with Gasteiger partial charge in [0.2, 0.25) is 6.79 Å². The van der Waals surface area contributed by atoms with Gasteiger partial charge in [0, 0.05) is 5.56 Å². The Morgan fingerprint density at radius 1 is 1.33 bits per heavy atom. The average molecular weight is 255 g/mol. The zero-order chi connectivity index (χ0) is 13.3. The lowest BCUT2D eigenvalue weighted by atomic mass is 10.0. The molecule has 0 radical (unpaired) electrons. The normalized spacial score (nSPS) is 15.6. The third-order valence-corrected chi connectivity index (χ3v) is 2.46. The molecule has 0 spiro atoms. The lowest BCUT2D eigenvalue weighted by Crippen LogP contribution is -2.52. The largest absolute Gasteiger partial charge is 0.454 e. The molecule has 2 rings (SSSR count). The maximum Gasteiger partial charge on any atom is 0.343 e. The molecule has 1 aromatic rings. The maximum absolute atomic E-state index is 11.9. The van der Waals surface area contributed by atoms with Crippen LogP contribution in [0.1, 0.15) is 17.3 Å². The molecule has 0 fully saturated rings. The first-order valence-corrected chi connectivity index (χ1v) is 5.25. The number of benzene rings is 1. The van der Waals surface area contributed by atoms with Gasteiger partial charge >= 0.3 is 6.10 Å². The molecule has 1 aliphatic rings. The molecule has 7 nitrogen and oxygen atoms in total. The van der Waals surface area contributed by atoms with Gasteiger partial charge in [-0.15, -0.1) is 0 Å². The van der Waals surface area contributed by atoms with Crippen molar-refractivity contribution in [1.82, 2.24) is 5.32 Å². The minimum atomic E-state index is -3.09. The van der Waals surface area contributed by atoms with Crippen molar-refractivity contribution < 1.29 is 29.6 Å². The number of Topliss-reactive ketones (excluding diaryl/α,β-unsaturated/α-hetero) is 1. The van der Waals surface area contributed by atoms with E-state index in [1.807, 2.05) is 5.32 Å². The van der Waals surface area contributed by atoms with Crippen molar-refractivity contribution in [2.24, 2.45) is 0 Å². The molecule has 1 aromatic carbocycles. The number of hydrogen-bond donors (Lipinski definition) is 4. The number of carbonyl (C=O) groups is 1. The van der Waals surface area contributed by atoms with Crippen molar-refractivity contribution in [3.05, 3.63) is 23.8 Å². The quantitative estimate of drug-likeness (QED) is 0.410. The zero-order valence-electron chi connectivity index (χ0n) is 9.58. The van der Waals surface area contributed by atoms with Gasteiger partial charge in [-0.3, -0.25) is 4.79 Å². The van der Waals surface area contributed by atoms with E-state index in [0.29, 0.717) is 17.1 Å². The summed E-state index contributed by atoms with van der Waals surface area (Å²) in [6, 6.07) is 3.63. The molecular weight excluding hydrogens is 242 g/mol. The lowest BCUT2D eigenvalue weighted by molar-refractivity contribution is -0.333. The van der Waals surface area contributed by atoms with Crippen molar-refractivity contribution >= 4 is 5.78 Å². The van der Waals surface area contributed by atoms with Crippen LogP contribution in [-0.2, 0) is 0 Å². The van der Waals surface area contributed by atoms with Gasteiger partial charge in [0.05, 0.1) is 6.04 Å². The van der Waals surface area contributed by atoms with Gasteiger partial charge in [0.1, 0.15) is 0 Å². The van der Waals surface area contributed by atoms with Crippen LogP contribution in [0.3, 0.4) is 0 Å². The Morgan fingerprint density at radius 3 is 2.67 bits per heavy atom. The van der Waals surface area contributed by atoms with Gasteiger partial charge in [-0.1, -0.05) is 0 Å². The van der Waals surface area contributed by atoms with Crippen molar-refractivity contribution in [3.8, 4) is 11.5 Å². The number of carbonyl (C=O) groups excluding carboxylic acids is 1. The van der Waals surface area contributed by atoms with E-state index >= 15 is 0 Å². The molecule has 1 heterocycles. The molecule has 1 atom stereocenters. The summed E-state index contributed by atoms with van der Waals surface area (Å²) in [5.74, 6) is 0.583. The van der Waals surface area contributed by atoms with Crippen LogP contribution in [-0.4, -0.2) is 40.0 Å². The van der Waals surface area contributed by atoms with E-state index in [2.05, 4.69) is 0 Å². The molecule has 1 aliphatic heterocycles. The fourth-order valence-corrected chi connectivity index (χ4v) is 1.66. The lowest BCUT2D eigenvalue weighted by Gasteiger charge is -2.20. The van der Waals surface area contributed by atoms with Crippen LogP contribution >= 0.6 is 0 Å². The third-order valence-electron chi connectivity index (χ3n) is 2.46. The number of rotatable bonds is 4. The predicted molar refractivity (Wildman–Crippen MR) is 58.9 cm³/mol. The van der Waals surface area contributed by atoms with Crippen LogP contribution in [0.15, 0.2) is 18.2 Å². The predicted octanol–water partition coefficient (Wildman–Crippen LogP) is -0.836. The Hall–Kier alpha value is -1.67. The fraction of sp³-hybridized carbons (Fsp3) is 0.364. The summed E-state index contributed by atoms with van der Waals surface area (Å²) in [5, 5.41) is 28.2. The van der Waals surface area contributed by atoms with E-state index < -0.39 is 17.9 Å². The fourth-order valence-electron chi connectivity index (χ4n) is 1.66. The second kappa shape index (κ2) is 4.54. The number of aliphatic hydroxyl groups is 3. The van der Waals surface area contributed by atoms with Crippen LogP contribution in [0.2, 0.25) is 0 Å². The SMILES string of the molecule is CC(NC(O)(O)O)C(=O)c1ccc2c(c1)OCO2. The summed E-state index contributed by atoms with van der Waals surface area (Å²) in [7, 11) is 0. The second-order valence-corrected chi connectivity index (χ2v) is 3.93. The van der Waals surface area contributed by atoms with Gasteiger partial charge in [0.15, 0.2) is 17.3 Å². The summed E-state index contributed by atoms with van der Waals surface area (Å²) in [6.45, 7) is 1.50. The Balaban J connectivity index is 2.14. The van der Waals surface area contributed by atoms with Crippen molar-refractivity contribution in [2.75, 3.05) is 6.79 Å². The molecule has 1 unspecified atom stereocenters. The minimum Gasteiger partial charge on any atom is -0.454 e. The van der Waals surface area contributed by atoms with E-state index in [0.717, 1.165) is 0 Å². The number of ether oxygens (including phenoxy) is 2. The molecule has 0 saturated carbocycles. The first-order valence-electron chi connectivity index (χ1n) is 5.25. The Kier molecular flexibility index (Phi) is 3.22. The number of fused-ring (bicyclic) bond motifs is 1. The van der Waals surface area contributed by atoms with Crippen LogP contribution in [0, 0.1) is 0 Å². The van der Waals surface area contributed by atoms with Crippen molar-refractivity contribution in [3.63, 3.8) is 0 Å². The van der Waals surface area contributed by atoms with Crippen LogP contribution < -0.4 is 14.8 Å². The van der Waals surface area contributed by atoms with Gasteiger partial charge in [-0.2, -0.15) is 0 Å². The van der Waals surface area contributed by atoms with E-state index in [4.69, 9.17) is 24.8 Å². The number of hydrogen-bond acceptors (Lipinski definition) is 7. The van der Waals surface area contributed by atoms with E-state index in [1.54, 1.807) is 6.07 Å². The van der Waals surface area contributed by atoms with Gasteiger partial charge < -0.3 is 24.8 Å². The average Bonchev–Trinajstić information content (AvgIpc) is 2.72. The molecule has 0 aliphatic carbocycles. The van der Waals surface area contributed by atoms with Crippen molar-refractivity contribution in [2.45, 2.75) is 19.1 Å². The highest BCUT2D eigenvalue weighted by Crippen LogP contribution is 2.32. The molecule has 18 heavy (non-hydrogen) atoms. The first-order chi connectivity index (χ1) is 8.37. The first kappa shape index (κ1) is 12.8. The summed E-state index contributed by atoms with van der Waals surface area (Å²) in [4.78, 5) is 11.9. The molecule has 0 amide bonds. The topological polar surface area (TPSA) is 108 Å². The molecule has 7 heteroatoms. The van der Waals surface area contributed by atoms with Gasteiger partial charge in [0.25, 0.3) is 0 Å². The summed E-state index contributed by atoms with van der Waals surface area (Å²) in [6.07, 6.45) is -3.09. The number of ketones is 1. The van der Waals surface area contributed by atoms with E-state index in [9.17, 15) is 4.79 Å². The van der Waals surface area contributed by atoms with Crippen LogP contribution in [0.4, 0.5) is 0 Å². The summed E-state index contributed by atoms with van der Waals surface area (Å²) in [5.41, 5.74) is 0.309. The van der Waals surface area contributed by atoms with Crippen molar-refractivity contribution in [1.29, 1.82) is 0 Å². The smallest absolute Gasteiger partial charge is 0.343 e. The highest BCUT2D eigenvalue weighted by Gasteiger charge is 2.26. The highest BCUT2D eigenvalue weighted by atomic mass is 16.7. The Bertz CT molecular complexity index is 467. The zero-order valence-corrected chi connectivity index (χ0v) is 9.58. The molecule has 0 bridgehead atoms. The molecular formula is C11H13NO6. The Morgan fingerprint density at radius 2 is 2.00 bits per heavy atom. The third kappa shape index (κ3) is 2.77. The van der Waals surface area contributed by atoms with Gasteiger partial charge in [-0.05, 0) is 25.1 Å². The number of nitrogens with one attached hydrogen (secondary N) is 1. The minimum absolute atomic E-state index is 0.105. The van der Waals surface area contributed by atoms with Crippen LogP contribution in [0.25, 0.3) is 0 Å². The van der Waals surface area contributed by atoms with Gasteiger partial charge in [-0.25, -0.2) is 5.32 Å². The summed E-state index contributed by atoms with van der Waals surface area (Å²) >= 11 is 0. The monoisotopic (exact) mass is 255 g/mol. The Labute approximate surface area is 103 Å². The molecule has 0 saturated heterocycles. The highest BCUT2D eigenvalue weighted by molar-refractivity contribution is 6.00. The molecule has 4 N–H and O–H groups in total. The molecule has 98 valence electrons. The van der Waals surface area contributed by atoms with Crippen LogP contribution in [0.5, 0.6) is 11.5 Å².